The molecule has 0 spiro atoms. The van der Waals surface area contributed by atoms with E-state index in [4.69, 9.17) is 12.2 Å². The first-order valence-corrected chi connectivity index (χ1v) is 9.07. The van der Waals surface area contributed by atoms with Gasteiger partial charge < -0.3 is 4.90 Å². The standard InChI is InChI=1S/C12H16N6S3/c1-20-11-15-18(12(19)21-11)9-16-5-7-17(8-6-16)10-13-3-2-4-14-10/h2-4H,5-9H2,1H3. The Kier molecular flexibility index (Phi) is 4.84. The summed E-state index contributed by atoms with van der Waals surface area (Å²) in [7, 11) is 0. The van der Waals surface area contributed by atoms with E-state index in [1.807, 2.05) is 17.0 Å². The maximum atomic E-state index is 5.36. The predicted octanol–water partition coefficient (Wildman–Crippen LogP) is 1.97. The average molecular weight is 341 g/mol. The molecule has 6 nitrogen and oxygen atoms in total. The highest BCUT2D eigenvalue weighted by Crippen LogP contribution is 2.19. The Labute approximate surface area is 136 Å². The monoisotopic (exact) mass is 340 g/mol. The first kappa shape index (κ1) is 14.9. The van der Waals surface area contributed by atoms with Gasteiger partial charge in [0, 0.05) is 38.6 Å². The number of hydrogen-bond acceptors (Lipinski definition) is 8. The molecule has 0 bridgehead atoms. The second-order valence-corrected chi connectivity index (χ2v) is 7.31. The smallest absolute Gasteiger partial charge is 0.225 e. The third kappa shape index (κ3) is 3.60. The van der Waals surface area contributed by atoms with Crippen molar-refractivity contribution in [3.8, 4) is 0 Å². The molecule has 0 N–H and O–H groups in total. The lowest BCUT2D eigenvalue weighted by molar-refractivity contribution is 0.193. The minimum absolute atomic E-state index is 0.763. The van der Waals surface area contributed by atoms with Crippen LogP contribution in [0.2, 0.25) is 0 Å². The molecule has 0 aromatic carbocycles. The zero-order valence-corrected chi connectivity index (χ0v) is 14.1. The largest absolute Gasteiger partial charge is 0.338 e. The maximum absolute atomic E-state index is 5.36. The van der Waals surface area contributed by atoms with Crippen LogP contribution in [0.25, 0.3) is 0 Å². The van der Waals surface area contributed by atoms with Crippen molar-refractivity contribution >= 4 is 41.3 Å². The molecule has 1 aliphatic rings. The van der Waals surface area contributed by atoms with Gasteiger partial charge in [0.05, 0.1) is 6.67 Å². The maximum Gasteiger partial charge on any atom is 0.225 e. The molecule has 2 aromatic heterocycles. The fourth-order valence-corrected chi connectivity index (χ4v) is 3.93. The van der Waals surface area contributed by atoms with E-state index >= 15 is 0 Å². The summed E-state index contributed by atoms with van der Waals surface area (Å²) in [6.07, 6.45) is 5.59. The lowest BCUT2D eigenvalue weighted by Crippen LogP contribution is -2.47. The van der Waals surface area contributed by atoms with Crippen LogP contribution in [0.5, 0.6) is 0 Å². The van der Waals surface area contributed by atoms with Crippen molar-refractivity contribution in [1.29, 1.82) is 0 Å². The number of piperazine rings is 1. The molecule has 3 rings (SSSR count). The van der Waals surface area contributed by atoms with E-state index in [0.29, 0.717) is 0 Å². The summed E-state index contributed by atoms with van der Waals surface area (Å²) in [6, 6.07) is 1.84. The van der Waals surface area contributed by atoms with Gasteiger partial charge in [-0.3, -0.25) is 4.90 Å². The molecule has 9 heteroatoms. The van der Waals surface area contributed by atoms with Crippen LogP contribution in [0.1, 0.15) is 0 Å². The normalized spacial score (nSPS) is 16.3. The molecule has 0 atom stereocenters. The molecule has 0 unspecified atom stereocenters. The van der Waals surface area contributed by atoms with Crippen LogP contribution in [0.4, 0.5) is 5.95 Å². The minimum Gasteiger partial charge on any atom is -0.338 e. The Balaban J connectivity index is 1.58. The molecule has 1 aliphatic heterocycles. The second kappa shape index (κ2) is 6.82. The summed E-state index contributed by atoms with van der Waals surface area (Å²) in [5.74, 6) is 0.812. The number of hydrogen-bond donors (Lipinski definition) is 0. The molecule has 3 heterocycles. The fraction of sp³-hybridized carbons (Fsp3) is 0.500. The Bertz CT molecular complexity index is 632. The van der Waals surface area contributed by atoms with Gasteiger partial charge in [-0.2, -0.15) is 5.10 Å². The first-order chi connectivity index (χ1) is 10.3. The van der Waals surface area contributed by atoms with Gasteiger partial charge in [0.2, 0.25) is 5.95 Å². The van der Waals surface area contributed by atoms with Crippen molar-refractivity contribution in [2.75, 3.05) is 37.3 Å². The zero-order chi connectivity index (χ0) is 14.7. The molecule has 0 aliphatic carbocycles. The third-order valence-corrected chi connectivity index (χ3v) is 5.59. The number of nitrogens with zero attached hydrogens (tertiary/aromatic N) is 6. The first-order valence-electron chi connectivity index (χ1n) is 6.62. The van der Waals surface area contributed by atoms with Gasteiger partial charge >= 0.3 is 0 Å². The van der Waals surface area contributed by atoms with Gasteiger partial charge in [0.1, 0.15) is 0 Å². The molecule has 112 valence electrons. The van der Waals surface area contributed by atoms with E-state index < -0.39 is 0 Å². The van der Waals surface area contributed by atoms with Crippen LogP contribution in [-0.4, -0.2) is 57.1 Å². The Hall–Kier alpha value is -1.03. The van der Waals surface area contributed by atoms with Crippen molar-refractivity contribution in [3.05, 3.63) is 22.4 Å². The summed E-state index contributed by atoms with van der Waals surface area (Å²) in [4.78, 5) is 13.2. The van der Waals surface area contributed by atoms with E-state index in [2.05, 4.69) is 24.9 Å². The molecule has 1 fully saturated rings. The van der Waals surface area contributed by atoms with E-state index in [9.17, 15) is 0 Å². The summed E-state index contributed by atoms with van der Waals surface area (Å²) >= 11 is 8.57. The average Bonchev–Trinajstić information content (AvgIpc) is 2.89. The van der Waals surface area contributed by atoms with Gasteiger partial charge in [-0.05, 0) is 24.5 Å². The van der Waals surface area contributed by atoms with Crippen molar-refractivity contribution in [3.63, 3.8) is 0 Å². The van der Waals surface area contributed by atoms with Crippen LogP contribution >= 0.6 is 35.3 Å². The third-order valence-electron chi connectivity index (χ3n) is 3.30. The van der Waals surface area contributed by atoms with E-state index in [1.165, 1.54) is 0 Å². The number of rotatable bonds is 4. The van der Waals surface area contributed by atoms with Gasteiger partial charge in [-0.1, -0.05) is 23.1 Å². The van der Waals surface area contributed by atoms with Crippen molar-refractivity contribution in [2.24, 2.45) is 0 Å². The molecule has 0 radical (unpaired) electrons. The molecule has 0 saturated carbocycles. The number of aromatic nitrogens is 4. The van der Waals surface area contributed by atoms with Crippen LogP contribution in [0.3, 0.4) is 0 Å². The van der Waals surface area contributed by atoms with Crippen LogP contribution in [-0.2, 0) is 6.67 Å². The molecule has 2 aromatic rings. The molecular formula is C12H16N6S3. The van der Waals surface area contributed by atoms with Gasteiger partial charge in [-0.15, -0.1) is 0 Å². The summed E-state index contributed by atoms with van der Waals surface area (Å²) in [5, 5.41) is 4.51. The SMILES string of the molecule is CSc1nn(CN2CCN(c3ncccn3)CC2)c(=S)s1. The highest BCUT2D eigenvalue weighted by atomic mass is 32.2. The second-order valence-electron chi connectivity index (χ2n) is 4.63. The summed E-state index contributed by atoms with van der Waals surface area (Å²) < 4.78 is 3.78. The van der Waals surface area contributed by atoms with Crippen LogP contribution in [0, 0.1) is 3.95 Å². The van der Waals surface area contributed by atoms with Crippen molar-refractivity contribution in [2.45, 2.75) is 11.0 Å². The molecule has 0 amide bonds. The Morgan fingerprint density at radius 3 is 2.57 bits per heavy atom. The Morgan fingerprint density at radius 2 is 1.95 bits per heavy atom. The number of thioether (sulfide) groups is 1. The molecular weight excluding hydrogens is 324 g/mol. The lowest BCUT2D eigenvalue weighted by atomic mass is 10.3. The lowest BCUT2D eigenvalue weighted by Gasteiger charge is -2.34. The van der Waals surface area contributed by atoms with E-state index in [-0.39, 0.29) is 0 Å². The zero-order valence-electron chi connectivity index (χ0n) is 11.7. The molecule has 21 heavy (non-hydrogen) atoms. The van der Waals surface area contributed by atoms with Gasteiger partial charge in [-0.25, -0.2) is 14.6 Å². The van der Waals surface area contributed by atoms with E-state index in [0.717, 1.165) is 47.1 Å². The topological polar surface area (TPSA) is 50.1 Å². The van der Waals surface area contributed by atoms with Gasteiger partial charge in [0.15, 0.2) is 8.29 Å². The summed E-state index contributed by atoms with van der Waals surface area (Å²) in [6.45, 7) is 4.55. The quantitative estimate of drug-likeness (QED) is 0.623. The molecule has 1 saturated heterocycles. The van der Waals surface area contributed by atoms with Crippen LogP contribution < -0.4 is 4.90 Å². The predicted molar refractivity (Wildman–Crippen MR) is 88.5 cm³/mol. The van der Waals surface area contributed by atoms with E-state index in [1.54, 1.807) is 35.5 Å². The highest BCUT2D eigenvalue weighted by molar-refractivity contribution is 8.00. The van der Waals surface area contributed by atoms with Crippen molar-refractivity contribution < 1.29 is 0 Å². The number of anilines is 1. The highest BCUT2D eigenvalue weighted by Gasteiger charge is 2.19. The van der Waals surface area contributed by atoms with Crippen LogP contribution in [0.15, 0.2) is 22.8 Å². The van der Waals surface area contributed by atoms with Crippen molar-refractivity contribution in [1.82, 2.24) is 24.6 Å². The fourth-order valence-electron chi connectivity index (χ4n) is 2.19. The van der Waals surface area contributed by atoms with Gasteiger partial charge in [0.25, 0.3) is 0 Å². The Morgan fingerprint density at radius 1 is 1.24 bits per heavy atom. The summed E-state index contributed by atoms with van der Waals surface area (Å²) in [5.41, 5.74) is 0. The minimum atomic E-state index is 0.763.